The molecule has 72 valence electrons. The molecule has 0 aliphatic carbocycles. The molecule has 0 spiro atoms. The number of nitrogens with zero attached hydrogens (tertiary/aromatic N) is 3. The van der Waals surface area contributed by atoms with E-state index in [0.717, 1.165) is 11.3 Å². The van der Waals surface area contributed by atoms with Crippen LogP contribution in [0.4, 0.5) is 5.82 Å². The Bertz CT molecular complexity index is 464. The summed E-state index contributed by atoms with van der Waals surface area (Å²) in [7, 11) is 0. The van der Waals surface area contributed by atoms with Gasteiger partial charge in [-0.2, -0.15) is 0 Å². The highest BCUT2D eigenvalue weighted by Crippen LogP contribution is 2.21. The van der Waals surface area contributed by atoms with Crippen LogP contribution in [-0.2, 0) is 0 Å². The summed E-state index contributed by atoms with van der Waals surface area (Å²) in [6.07, 6.45) is 1.65. The fraction of sp³-hybridized carbons (Fsp3) is 0.111. The van der Waals surface area contributed by atoms with Crippen molar-refractivity contribution in [3.8, 4) is 5.69 Å². The molecule has 4 nitrogen and oxygen atoms in total. The first kappa shape index (κ1) is 9.02. The summed E-state index contributed by atoms with van der Waals surface area (Å²) in [6.45, 7) is 1.93. The van der Waals surface area contributed by atoms with E-state index < -0.39 is 0 Å². The Morgan fingerprint density at radius 1 is 1.43 bits per heavy atom. The van der Waals surface area contributed by atoms with Crippen LogP contribution in [0.1, 0.15) is 5.56 Å². The van der Waals surface area contributed by atoms with Gasteiger partial charge in [-0.05, 0) is 24.6 Å². The molecule has 5 heteroatoms. The van der Waals surface area contributed by atoms with Crippen molar-refractivity contribution in [2.24, 2.45) is 0 Å². The first-order valence-electron chi connectivity index (χ1n) is 4.12. The number of nitrogens with two attached hydrogens (primary N) is 1. The molecule has 0 atom stereocenters. The Morgan fingerprint density at radius 2 is 2.21 bits per heavy atom. The van der Waals surface area contributed by atoms with Crippen LogP contribution in [-0.4, -0.2) is 15.0 Å². The third kappa shape index (κ3) is 1.44. The Balaban J connectivity index is 2.57. The topological polar surface area (TPSA) is 56.7 Å². The van der Waals surface area contributed by atoms with Gasteiger partial charge in [0.25, 0.3) is 0 Å². The highest BCUT2D eigenvalue weighted by Gasteiger charge is 2.05. The Morgan fingerprint density at radius 3 is 2.86 bits per heavy atom. The predicted octanol–water partition coefficient (Wildman–Crippen LogP) is 1.81. The Hall–Kier alpha value is -1.55. The fourth-order valence-corrected chi connectivity index (χ4v) is 1.41. The zero-order valence-corrected chi connectivity index (χ0v) is 8.36. The smallest absolute Gasteiger partial charge is 0.166 e. The van der Waals surface area contributed by atoms with Crippen LogP contribution in [0.5, 0.6) is 0 Å². The van der Waals surface area contributed by atoms with Crippen LogP contribution >= 0.6 is 11.6 Å². The molecule has 14 heavy (non-hydrogen) atoms. The van der Waals surface area contributed by atoms with Gasteiger partial charge in [-0.1, -0.05) is 22.9 Å². The van der Waals surface area contributed by atoms with Gasteiger partial charge < -0.3 is 5.73 Å². The number of halogens is 1. The van der Waals surface area contributed by atoms with Crippen molar-refractivity contribution in [1.82, 2.24) is 15.0 Å². The van der Waals surface area contributed by atoms with Crippen molar-refractivity contribution in [3.05, 3.63) is 35.0 Å². The van der Waals surface area contributed by atoms with E-state index in [9.17, 15) is 0 Å². The molecule has 0 bridgehead atoms. The summed E-state index contributed by atoms with van der Waals surface area (Å²) < 4.78 is 1.61. The molecule has 0 radical (unpaired) electrons. The van der Waals surface area contributed by atoms with Gasteiger partial charge in [0.1, 0.15) is 0 Å². The number of rotatable bonds is 1. The number of anilines is 1. The molecule has 0 saturated carbocycles. The largest absolute Gasteiger partial charge is 0.381 e. The van der Waals surface area contributed by atoms with Crippen molar-refractivity contribution in [2.75, 3.05) is 5.73 Å². The Labute approximate surface area is 86.3 Å². The minimum absolute atomic E-state index is 0.393. The first-order chi connectivity index (χ1) is 6.68. The maximum absolute atomic E-state index is 5.98. The second-order valence-corrected chi connectivity index (χ2v) is 3.38. The molecule has 1 heterocycles. The number of benzene rings is 1. The zero-order chi connectivity index (χ0) is 10.1. The molecule has 0 aliphatic heterocycles. The second-order valence-electron chi connectivity index (χ2n) is 2.97. The van der Waals surface area contributed by atoms with Crippen LogP contribution in [0.2, 0.25) is 5.02 Å². The minimum Gasteiger partial charge on any atom is -0.381 e. The molecule has 0 aliphatic rings. The fourth-order valence-electron chi connectivity index (χ4n) is 1.24. The zero-order valence-electron chi connectivity index (χ0n) is 7.61. The molecule has 2 aromatic rings. The molecule has 0 unspecified atom stereocenters. The number of nitrogen functional groups attached to an aromatic ring is 1. The van der Waals surface area contributed by atoms with E-state index >= 15 is 0 Å². The maximum Gasteiger partial charge on any atom is 0.166 e. The van der Waals surface area contributed by atoms with Crippen LogP contribution in [0.3, 0.4) is 0 Å². The van der Waals surface area contributed by atoms with Crippen molar-refractivity contribution in [1.29, 1.82) is 0 Å². The number of hydrogen-bond donors (Lipinski definition) is 1. The standard InChI is InChI=1S/C9H9ClN4/c1-6-7(10)3-2-4-8(6)14-5-9(11)12-13-14/h2-5H,11H2,1H3. The van der Waals surface area contributed by atoms with Crippen molar-refractivity contribution in [2.45, 2.75) is 6.92 Å². The van der Waals surface area contributed by atoms with Gasteiger partial charge in [0.05, 0.1) is 11.9 Å². The molecule has 0 fully saturated rings. The molecule has 0 amide bonds. The number of hydrogen-bond acceptors (Lipinski definition) is 3. The maximum atomic E-state index is 5.98. The van der Waals surface area contributed by atoms with E-state index in [2.05, 4.69) is 10.3 Å². The molecule has 0 saturated heterocycles. The summed E-state index contributed by atoms with van der Waals surface area (Å²) in [5.41, 5.74) is 7.32. The monoisotopic (exact) mass is 208 g/mol. The van der Waals surface area contributed by atoms with Gasteiger partial charge in [-0.25, -0.2) is 4.68 Å². The van der Waals surface area contributed by atoms with Crippen molar-refractivity contribution < 1.29 is 0 Å². The van der Waals surface area contributed by atoms with E-state index in [4.69, 9.17) is 17.3 Å². The van der Waals surface area contributed by atoms with E-state index in [1.165, 1.54) is 0 Å². The van der Waals surface area contributed by atoms with Crippen LogP contribution in [0, 0.1) is 6.92 Å². The summed E-state index contributed by atoms with van der Waals surface area (Å²) in [4.78, 5) is 0. The van der Waals surface area contributed by atoms with Gasteiger partial charge in [0, 0.05) is 5.02 Å². The summed E-state index contributed by atoms with van der Waals surface area (Å²) in [6, 6.07) is 5.61. The quantitative estimate of drug-likeness (QED) is 0.778. The van der Waals surface area contributed by atoms with E-state index in [0.29, 0.717) is 10.8 Å². The van der Waals surface area contributed by atoms with E-state index in [-0.39, 0.29) is 0 Å². The average molecular weight is 209 g/mol. The SMILES string of the molecule is Cc1c(Cl)cccc1-n1cc(N)nn1. The molecule has 1 aromatic carbocycles. The minimum atomic E-state index is 0.393. The predicted molar refractivity (Wildman–Crippen MR) is 55.5 cm³/mol. The third-order valence-electron chi connectivity index (χ3n) is 2.00. The molecular formula is C9H9ClN4. The van der Waals surface area contributed by atoms with Crippen LogP contribution < -0.4 is 5.73 Å². The Kier molecular flexibility index (Phi) is 2.13. The lowest BCUT2D eigenvalue weighted by atomic mass is 10.2. The van der Waals surface area contributed by atoms with Gasteiger partial charge >= 0.3 is 0 Å². The molecule has 2 rings (SSSR count). The van der Waals surface area contributed by atoms with E-state index in [1.807, 2.05) is 25.1 Å². The van der Waals surface area contributed by atoms with Crippen LogP contribution in [0.25, 0.3) is 5.69 Å². The summed E-state index contributed by atoms with van der Waals surface area (Å²) in [5.74, 6) is 0.393. The van der Waals surface area contributed by atoms with Crippen molar-refractivity contribution >= 4 is 17.4 Å². The molecule has 2 N–H and O–H groups in total. The highest BCUT2D eigenvalue weighted by atomic mass is 35.5. The van der Waals surface area contributed by atoms with Gasteiger partial charge in [0.2, 0.25) is 0 Å². The van der Waals surface area contributed by atoms with Gasteiger partial charge in [0.15, 0.2) is 5.82 Å². The summed E-state index contributed by atoms with van der Waals surface area (Å²) >= 11 is 5.98. The lowest BCUT2D eigenvalue weighted by Crippen LogP contribution is -1.97. The van der Waals surface area contributed by atoms with E-state index in [1.54, 1.807) is 10.9 Å². The summed E-state index contributed by atoms with van der Waals surface area (Å²) in [5, 5.41) is 8.29. The lowest BCUT2D eigenvalue weighted by molar-refractivity contribution is 0.799. The average Bonchev–Trinajstić information content (AvgIpc) is 2.57. The van der Waals surface area contributed by atoms with Crippen molar-refractivity contribution in [3.63, 3.8) is 0 Å². The third-order valence-corrected chi connectivity index (χ3v) is 2.41. The highest BCUT2D eigenvalue weighted by molar-refractivity contribution is 6.31. The molecule has 1 aromatic heterocycles. The lowest BCUT2D eigenvalue weighted by Gasteiger charge is -2.05. The second kappa shape index (κ2) is 3.31. The molecular weight excluding hydrogens is 200 g/mol. The normalized spacial score (nSPS) is 10.4. The van der Waals surface area contributed by atoms with Crippen LogP contribution in [0.15, 0.2) is 24.4 Å². The van der Waals surface area contributed by atoms with Gasteiger partial charge in [-0.3, -0.25) is 0 Å². The van der Waals surface area contributed by atoms with Gasteiger partial charge in [-0.15, -0.1) is 5.10 Å². The number of aromatic nitrogens is 3. The first-order valence-corrected chi connectivity index (χ1v) is 4.49.